The third-order valence-corrected chi connectivity index (χ3v) is 7.40. The van der Waals surface area contributed by atoms with Crippen LogP contribution in [0.5, 0.6) is 0 Å². The van der Waals surface area contributed by atoms with Crippen LogP contribution in [0.4, 0.5) is 0 Å². The number of carbonyl (C=O) groups is 1. The van der Waals surface area contributed by atoms with E-state index in [1.165, 1.54) is 10.6 Å². The van der Waals surface area contributed by atoms with Gasteiger partial charge in [0, 0.05) is 44.9 Å². The van der Waals surface area contributed by atoms with Crippen LogP contribution < -0.4 is 0 Å². The molecule has 1 amide bonds. The van der Waals surface area contributed by atoms with Crippen molar-refractivity contribution < 1.29 is 13.2 Å². The molecule has 29 heavy (non-hydrogen) atoms. The molecule has 0 aliphatic carbocycles. The van der Waals surface area contributed by atoms with E-state index in [1.807, 2.05) is 24.3 Å². The van der Waals surface area contributed by atoms with E-state index in [-0.39, 0.29) is 11.9 Å². The number of benzene rings is 1. The molecule has 152 valence electrons. The maximum Gasteiger partial charge on any atom is 0.223 e. The van der Waals surface area contributed by atoms with Gasteiger partial charge >= 0.3 is 0 Å². The minimum atomic E-state index is -3.38. The fourth-order valence-corrected chi connectivity index (χ4v) is 5.45. The number of thiazole rings is 1. The predicted octanol–water partition coefficient (Wildman–Crippen LogP) is 2.30. The standard InChI is InChI=1S/C20H22N4O3S2/c1-29(26,27)24(12-15-8-10-21-11-9-15)16-13-23(14-16)20(25)7-6-19-22-17-4-2-3-5-18(17)28-19/h2-5,8-11,16H,6-7,12-14H2,1H3. The van der Waals surface area contributed by atoms with Crippen LogP contribution in [-0.4, -0.2) is 58.9 Å². The van der Waals surface area contributed by atoms with Gasteiger partial charge in [-0.1, -0.05) is 12.1 Å². The third kappa shape index (κ3) is 4.63. The number of aryl methyl sites for hydroxylation is 1. The van der Waals surface area contributed by atoms with Crippen molar-refractivity contribution in [3.63, 3.8) is 0 Å². The van der Waals surface area contributed by atoms with Crippen LogP contribution in [0.2, 0.25) is 0 Å². The van der Waals surface area contributed by atoms with E-state index < -0.39 is 10.0 Å². The predicted molar refractivity (Wildman–Crippen MR) is 113 cm³/mol. The number of hydrogen-bond donors (Lipinski definition) is 0. The summed E-state index contributed by atoms with van der Waals surface area (Å²) in [6.45, 7) is 1.15. The summed E-state index contributed by atoms with van der Waals surface area (Å²) in [7, 11) is -3.38. The van der Waals surface area contributed by atoms with Crippen LogP contribution in [0.15, 0.2) is 48.8 Å². The molecule has 0 N–H and O–H groups in total. The Balaban J connectivity index is 1.33. The van der Waals surface area contributed by atoms with Gasteiger partial charge < -0.3 is 4.90 Å². The van der Waals surface area contributed by atoms with E-state index in [9.17, 15) is 13.2 Å². The monoisotopic (exact) mass is 430 g/mol. The highest BCUT2D eigenvalue weighted by molar-refractivity contribution is 7.88. The van der Waals surface area contributed by atoms with E-state index in [0.29, 0.717) is 32.5 Å². The molecule has 2 aromatic heterocycles. The minimum absolute atomic E-state index is 0.0397. The summed E-state index contributed by atoms with van der Waals surface area (Å²) in [6, 6.07) is 11.4. The Bertz CT molecular complexity index is 1080. The molecule has 4 rings (SSSR count). The average Bonchev–Trinajstić information content (AvgIpc) is 3.07. The lowest BCUT2D eigenvalue weighted by molar-refractivity contribution is -0.137. The number of likely N-dealkylation sites (tertiary alicyclic amines) is 1. The number of rotatable bonds is 7. The Labute approximate surface area is 174 Å². The quantitative estimate of drug-likeness (QED) is 0.574. The maximum absolute atomic E-state index is 12.5. The van der Waals surface area contributed by atoms with Gasteiger partial charge in [-0.3, -0.25) is 9.78 Å². The lowest BCUT2D eigenvalue weighted by Gasteiger charge is -2.44. The Kier molecular flexibility index (Phi) is 5.62. The number of sulfonamides is 1. The first-order chi connectivity index (χ1) is 13.9. The lowest BCUT2D eigenvalue weighted by atomic mass is 10.1. The maximum atomic E-state index is 12.5. The van der Waals surface area contributed by atoms with E-state index >= 15 is 0 Å². The Morgan fingerprint density at radius 1 is 1.21 bits per heavy atom. The molecule has 3 heterocycles. The topological polar surface area (TPSA) is 83.5 Å². The van der Waals surface area contributed by atoms with Crippen LogP contribution in [0, 0.1) is 0 Å². The summed E-state index contributed by atoms with van der Waals surface area (Å²) in [5, 5.41) is 0.951. The zero-order valence-electron chi connectivity index (χ0n) is 16.1. The van der Waals surface area contributed by atoms with Crippen molar-refractivity contribution in [3.05, 3.63) is 59.4 Å². The summed E-state index contributed by atoms with van der Waals surface area (Å²) in [5.41, 5.74) is 1.84. The van der Waals surface area contributed by atoms with Gasteiger partial charge in [0.25, 0.3) is 0 Å². The molecule has 0 atom stereocenters. The van der Waals surface area contributed by atoms with Crippen LogP contribution in [0.3, 0.4) is 0 Å². The van der Waals surface area contributed by atoms with Crippen LogP contribution >= 0.6 is 11.3 Å². The molecule has 0 radical (unpaired) electrons. The molecule has 1 saturated heterocycles. The number of fused-ring (bicyclic) bond motifs is 1. The summed E-state index contributed by atoms with van der Waals surface area (Å²) in [4.78, 5) is 22.8. The molecular weight excluding hydrogens is 408 g/mol. The Morgan fingerprint density at radius 2 is 1.93 bits per heavy atom. The molecule has 0 bridgehead atoms. The van der Waals surface area contributed by atoms with Gasteiger partial charge in [-0.25, -0.2) is 13.4 Å². The molecule has 1 aliphatic heterocycles. The first-order valence-corrected chi connectivity index (χ1v) is 12.0. The second-order valence-corrected chi connectivity index (χ2v) is 10.2. The van der Waals surface area contributed by atoms with E-state index in [2.05, 4.69) is 9.97 Å². The fourth-order valence-electron chi connectivity index (χ4n) is 3.43. The van der Waals surface area contributed by atoms with E-state index in [4.69, 9.17) is 0 Å². The van der Waals surface area contributed by atoms with Crippen molar-refractivity contribution in [1.82, 2.24) is 19.2 Å². The third-order valence-electron chi connectivity index (χ3n) is 5.03. The number of aromatic nitrogens is 2. The van der Waals surface area contributed by atoms with Crippen molar-refractivity contribution >= 4 is 37.5 Å². The van der Waals surface area contributed by atoms with Crippen molar-refractivity contribution in [2.45, 2.75) is 25.4 Å². The average molecular weight is 431 g/mol. The highest BCUT2D eigenvalue weighted by Gasteiger charge is 2.38. The number of hydrogen-bond acceptors (Lipinski definition) is 6. The number of para-hydroxylation sites is 1. The second kappa shape index (κ2) is 8.17. The zero-order valence-corrected chi connectivity index (χ0v) is 17.7. The zero-order chi connectivity index (χ0) is 20.4. The number of pyridine rings is 1. The second-order valence-electron chi connectivity index (χ2n) is 7.19. The summed E-state index contributed by atoms with van der Waals surface area (Å²) < 4.78 is 27.1. The number of nitrogens with zero attached hydrogens (tertiary/aromatic N) is 4. The van der Waals surface area contributed by atoms with Gasteiger partial charge in [0.2, 0.25) is 15.9 Å². The number of carbonyl (C=O) groups excluding carboxylic acids is 1. The fraction of sp³-hybridized carbons (Fsp3) is 0.350. The largest absolute Gasteiger partial charge is 0.339 e. The van der Waals surface area contributed by atoms with Crippen LogP contribution in [0.1, 0.15) is 17.0 Å². The van der Waals surface area contributed by atoms with Gasteiger partial charge in [0.1, 0.15) is 0 Å². The van der Waals surface area contributed by atoms with Crippen molar-refractivity contribution in [3.8, 4) is 0 Å². The summed E-state index contributed by atoms with van der Waals surface area (Å²) in [6.07, 6.45) is 5.50. The molecular formula is C20H22N4O3S2. The molecule has 9 heteroatoms. The van der Waals surface area contributed by atoms with Gasteiger partial charge in [0.05, 0.1) is 27.5 Å². The van der Waals surface area contributed by atoms with Crippen molar-refractivity contribution in [2.75, 3.05) is 19.3 Å². The first kappa shape index (κ1) is 19.9. The van der Waals surface area contributed by atoms with Gasteiger partial charge in [-0.05, 0) is 29.8 Å². The minimum Gasteiger partial charge on any atom is -0.339 e. The Hall–Kier alpha value is -2.36. The molecule has 7 nitrogen and oxygen atoms in total. The van der Waals surface area contributed by atoms with Crippen LogP contribution in [-0.2, 0) is 27.8 Å². The molecule has 0 unspecified atom stereocenters. The first-order valence-electron chi connectivity index (χ1n) is 9.38. The SMILES string of the molecule is CS(=O)(=O)N(Cc1ccncc1)C1CN(C(=O)CCc2nc3ccccc3s2)C1. The highest BCUT2D eigenvalue weighted by atomic mass is 32.2. The molecule has 3 aromatic rings. The molecule has 0 spiro atoms. The van der Waals surface area contributed by atoms with Crippen molar-refractivity contribution in [2.24, 2.45) is 0 Å². The summed E-state index contributed by atoms with van der Waals surface area (Å²) >= 11 is 1.61. The van der Waals surface area contributed by atoms with Gasteiger partial charge in [0.15, 0.2) is 0 Å². The highest BCUT2D eigenvalue weighted by Crippen LogP contribution is 2.24. The van der Waals surface area contributed by atoms with Crippen molar-refractivity contribution in [1.29, 1.82) is 0 Å². The van der Waals surface area contributed by atoms with E-state index in [1.54, 1.807) is 40.8 Å². The molecule has 1 aliphatic rings. The van der Waals surface area contributed by atoms with Crippen LogP contribution in [0.25, 0.3) is 10.2 Å². The van der Waals surface area contributed by atoms with Gasteiger partial charge in [-0.15, -0.1) is 11.3 Å². The van der Waals surface area contributed by atoms with Gasteiger partial charge in [-0.2, -0.15) is 4.31 Å². The molecule has 0 saturated carbocycles. The normalized spacial score (nSPS) is 15.0. The Morgan fingerprint density at radius 3 is 2.62 bits per heavy atom. The van der Waals surface area contributed by atoms with E-state index in [0.717, 1.165) is 20.8 Å². The lowest BCUT2D eigenvalue weighted by Crippen LogP contribution is -2.61. The molecule has 1 aromatic carbocycles. The number of amides is 1. The smallest absolute Gasteiger partial charge is 0.223 e. The summed E-state index contributed by atoms with van der Waals surface area (Å²) in [5.74, 6) is 0.0397. The molecule has 1 fully saturated rings.